The summed E-state index contributed by atoms with van der Waals surface area (Å²) in [6, 6.07) is 2.07. The van der Waals surface area contributed by atoms with Crippen molar-refractivity contribution < 1.29 is 67.8 Å². The number of ketones is 1. The van der Waals surface area contributed by atoms with Crippen molar-refractivity contribution in [3.63, 3.8) is 0 Å². The number of allylic oxidation sites excluding steroid dienone is 4. The van der Waals surface area contributed by atoms with E-state index in [2.05, 4.69) is 44.4 Å². The topological polar surface area (TPSA) is 251 Å². The summed E-state index contributed by atoms with van der Waals surface area (Å²) >= 11 is 1.89. The Morgan fingerprint density at radius 2 is 1.70 bits per heavy atom. The minimum Gasteiger partial charge on any atom is -0.504 e. The second kappa shape index (κ2) is 31.6. The number of anilines is 1. The van der Waals surface area contributed by atoms with Crippen LogP contribution in [0.5, 0.6) is 11.5 Å². The third-order valence-electron chi connectivity index (χ3n) is 16.7. The summed E-state index contributed by atoms with van der Waals surface area (Å²) in [4.78, 5) is 92.8. The van der Waals surface area contributed by atoms with E-state index in [0.717, 1.165) is 30.5 Å². The number of phenolic OH excluding ortho intramolecular Hbond substituents is 2. The van der Waals surface area contributed by atoms with Crippen LogP contribution in [0.25, 0.3) is 0 Å². The van der Waals surface area contributed by atoms with Gasteiger partial charge in [-0.3, -0.25) is 29.3 Å². The van der Waals surface area contributed by atoms with Crippen LogP contribution in [0, 0.1) is 16.7 Å². The number of fused-ring (bicyclic) bond motifs is 4. The first-order chi connectivity index (χ1) is 38.6. The Morgan fingerprint density at radius 1 is 1.02 bits per heavy atom. The third-order valence-corrected chi connectivity index (χ3v) is 18.2. The van der Waals surface area contributed by atoms with Crippen LogP contribution in [0.15, 0.2) is 47.7 Å². The third kappa shape index (κ3) is 20.9. The minimum atomic E-state index is -1.80. The summed E-state index contributed by atoms with van der Waals surface area (Å²) < 4.78 is 23.4. The Labute approximate surface area is 499 Å². The molecule has 0 spiro atoms. The van der Waals surface area contributed by atoms with Crippen LogP contribution in [0.3, 0.4) is 0 Å². The largest absolute Gasteiger partial charge is 0.504 e. The number of aliphatic hydroxyl groups is 1. The summed E-state index contributed by atoms with van der Waals surface area (Å²) in [5.74, 6) is -2.19. The highest BCUT2D eigenvalue weighted by molar-refractivity contribution is 8.01. The molecule has 3 aliphatic rings. The Balaban J connectivity index is 0.000000459. The number of alkyl carbamates (subject to hydrolysis) is 1. The minimum absolute atomic E-state index is 0.00545. The summed E-state index contributed by atoms with van der Waals surface area (Å²) in [5.41, 5.74) is -0.837. The first-order valence-electron chi connectivity index (χ1n) is 29.5. The van der Waals surface area contributed by atoms with E-state index >= 15 is 0 Å². The van der Waals surface area contributed by atoms with Gasteiger partial charge in [0.1, 0.15) is 30.1 Å². The fourth-order valence-corrected chi connectivity index (χ4v) is 12.4. The lowest BCUT2D eigenvalue weighted by Gasteiger charge is -2.45. The summed E-state index contributed by atoms with van der Waals surface area (Å²) in [6.07, 6.45) is 11.0. The van der Waals surface area contributed by atoms with Gasteiger partial charge < -0.3 is 54.3 Å². The number of hydrogen-bond donors (Lipinski definition) is 5. The van der Waals surface area contributed by atoms with Crippen LogP contribution in [0.2, 0.25) is 0 Å². The number of aromatic hydroxyl groups is 2. The van der Waals surface area contributed by atoms with Crippen LogP contribution < -0.4 is 15.5 Å². The van der Waals surface area contributed by atoms with E-state index in [9.17, 15) is 48.9 Å². The number of likely N-dealkylation sites (tertiary alicyclic amines) is 1. The summed E-state index contributed by atoms with van der Waals surface area (Å²) in [5, 5.41) is 38.7. The van der Waals surface area contributed by atoms with Crippen LogP contribution in [0.1, 0.15) is 180 Å². The van der Waals surface area contributed by atoms with Gasteiger partial charge in [-0.2, -0.15) is 0 Å². The fraction of sp³-hybridized carbons (Fsp3) is 0.698. The molecule has 0 aliphatic carbocycles. The van der Waals surface area contributed by atoms with E-state index in [1.54, 1.807) is 31.2 Å². The Morgan fingerprint density at radius 3 is 2.30 bits per heavy atom. The number of rotatable bonds is 23. The smallest absolute Gasteiger partial charge is 0.409 e. The van der Waals surface area contributed by atoms with Crippen molar-refractivity contribution in [3.05, 3.63) is 53.3 Å². The van der Waals surface area contributed by atoms with Gasteiger partial charge in [0.2, 0.25) is 24.1 Å². The highest BCUT2D eigenvalue weighted by Gasteiger charge is 2.49. The van der Waals surface area contributed by atoms with Crippen LogP contribution in [0.4, 0.5) is 10.5 Å². The van der Waals surface area contributed by atoms with Crippen molar-refractivity contribution in [1.82, 2.24) is 20.4 Å². The molecule has 4 rings (SSSR count). The van der Waals surface area contributed by atoms with Gasteiger partial charge in [-0.25, -0.2) is 9.59 Å². The van der Waals surface area contributed by atoms with E-state index < -0.39 is 70.6 Å². The number of carbonyl (C=O) groups excluding carboxylic acids is 7. The molecule has 4 bridgehead atoms. The number of likely N-dealkylation sites (N-methyl/N-ethyl adjacent to an activating group) is 1. The van der Waals surface area contributed by atoms with Gasteiger partial charge in [0.25, 0.3) is 0 Å². The maximum atomic E-state index is 14.0. The van der Waals surface area contributed by atoms with Crippen molar-refractivity contribution in [2.75, 3.05) is 45.8 Å². The van der Waals surface area contributed by atoms with Crippen LogP contribution in [-0.4, -0.2) is 154 Å². The fourth-order valence-electron chi connectivity index (χ4n) is 10.7. The summed E-state index contributed by atoms with van der Waals surface area (Å²) in [6.45, 7) is 28.9. The molecule has 1 aromatic carbocycles. The van der Waals surface area contributed by atoms with E-state index in [0.29, 0.717) is 70.2 Å². The second-order valence-corrected chi connectivity index (χ2v) is 26.9. The van der Waals surface area contributed by atoms with Gasteiger partial charge in [-0.15, -0.1) is 11.8 Å². The molecule has 5 unspecified atom stereocenters. The predicted molar refractivity (Wildman–Crippen MR) is 325 cm³/mol. The molecule has 2 saturated heterocycles. The number of carbonyl (C=O) groups is 7. The van der Waals surface area contributed by atoms with Gasteiger partial charge in [0.05, 0.1) is 23.0 Å². The number of esters is 1. The van der Waals surface area contributed by atoms with E-state index in [4.69, 9.17) is 18.9 Å². The molecule has 0 aromatic heterocycles. The van der Waals surface area contributed by atoms with Gasteiger partial charge in [0.15, 0.2) is 17.2 Å². The molecule has 20 heteroatoms. The molecule has 2 fully saturated rings. The highest BCUT2D eigenvalue weighted by Crippen LogP contribution is 2.46. The van der Waals surface area contributed by atoms with Crippen molar-refractivity contribution in [3.8, 4) is 11.5 Å². The van der Waals surface area contributed by atoms with E-state index in [1.165, 1.54) is 44.0 Å². The maximum Gasteiger partial charge on any atom is 0.409 e. The number of thioether (sulfide) groups is 1. The van der Waals surface area contributed by atoms with Crippen molar-refractivity contribution in [2.45, 2.75) is 226 Å². The maximum absolute atomic E-state index is 14.0. The Bertz CT molecular complexity index is 2490. The quantitative estimate of drug-likeness (QED) is 0.0388. The highest BCUT2D eigenvalue weighted by atomic mass is 32.2. The summed E-state index contributed by atoms with van der Waals surface area (Å²) in [7, 11) is 4.34. The van der Waals surface area contributed by atoms with Crippen molar-refractivity contribution in [1.29, 1.82) is 0 Å². The molecule has 5 amide bonds. The van der Waals surface area contributed by atoms with E-state index in [-0.39, 0.29) is 70.3 Å². The standard InChI is InChI=1S/C35H51N3O10.C28H50N2O4S/c1-9-13-34(5)22(3)15-25-19-35(45,36-33(44)47-25)28(46-8)12-10-11-21(2)14-24-16-26(31(42)27(40)17-24)38(7)30(41)18-29(34)48-32(43)23(4)37(6)20-39;1-10-12-22-23(35-28(8,9)14-11-2)20-25(33)30(22)18-13-24(32)29-17-15-27(6,7)34-19-16-26(4,5)21(3)31/h10-12,16-17,20,22-23,25,28-29,40,42,45H,9,13-15,18-19H2,1-8H3,(H,36,44);12,23H,10-11,13-20H2,1-9H3,(H,29,32)/b12-10+,21-11+;/t22?,23?,25?,28-,29+,34?,35+;/m1./s1. The average molecular weight is 1180 g/mol. The molecule has 1 aromatic rings. The predicted octanol–water partition coefficient (Wildman–Crippen LogP) is 9.82. The number of amides is 5. The van der Waals surface area contributed by atoms with Gasteiger partial charge in [0, 0.05) is 81.4 Å². The molecule has 8 atom stereocenters. The number of methoxy groups -OCH3 is 1. The molecular formula is C63H101N5O14S. The monoisotopic (exact) mass is 1180 g/mol. The second-order valence-electron chi connectivity index (χ2n) is 25.0. The number of benzene rings is 1. The lowest BCUT2D eigenvalue weighted by molar-refractivity contribution is -0.168. The normalized spacial score (nSPS) is 25.7. The van der Waals surface area contributed by atoms with Crippen molar-refractivity contribution >= 4 is 59.4 Å². The Hall–Kier alpha value is -5.44. The number of phenols is 2. The van der Waals surface area contributed by atoms with Crippen LogP contribution >= 0.6 is 11.8 Å². The lowest BCUT2D eigenvalue weighted by atomic mass is 9.67. The van der Waals surface area contributed by atoms with Crippen LogP contribution in [-0.2, 0) is 54.1 Å². The molecule has 83 heavy (non-hydrogen) atoms. The molecule has 0 saturated carbocycles. The number of nitrogens with zero attached hydrogens (tertiary/aromatic N) is 3. The molecule has 3 aliphatic heterocycles. The zero-order valence-electron chi connectivity index (χ0n) is 52.9. The number of nitrogens with one attached hydrogen (secondary N) is 2. The van der Waals surface area contributed by atoms with Gasteiger partial charge in [-0.1, -0.05) is 105 Å². The zero-order chi connectivity index (χ0) is 62.8. The van der Waals surface area contributed by atoms with Crippen molar-refractivity contribution in [2.24, 2.45) is 16.7 Å². The molecular weight excluding hydrogens is 1080 g/mol. The van der Waals surface area contributed by atoms with E-state index in [1.807, 2.05) is 72.1 Å². The number of ether oxygens (including phenoxy) is 4. The molecule has 0 radical (unpaired) electrons. The van der Waals surface area contributed by atoms with Gasteiger partial charge >= 0.3 is 12.1 Å². The van der Waals surface area contributed by atoms with Gasteiger partial charge in [-0.05, 0) is 103 Å². The zero-order valence-corrected chi connectivity index (χ0v) is 53.7. The Kier molecular flexibility index (Phi) is 27.4. The lowest BCUT2D eigenvalue weighted by Crippen LogP contribution is -2.62. The SMILES string of the molecule is CCC=C1C(SC(C)(C)CCC)CC(=O)N1CCC(=O)NCCC(C)(C)OCCC(C)(C)C(C)=O.CCCC1(C)C(C)CC2C[C@@](O)(NC(=O)O2)[C@H](OC)/C=C/C=C(\C)Cc2cc(O)c(O)c(c2)N(C)C(=O)C[C@@H]1OC(=O)C(C)N(C)C=O. The first kappa shape index (κ1) is 71.8. The first-order valence-corrected chi connectivity index (χ1v) is 30.4. The molecule has 5 N–H and O–H groups in total. The number of Topliss-reactive ketones (excluding diaryl/α,β-unsaturated/α-hetero) is 1. The molecule has 3 heterocycles. The molecule has 468 valence electrons. The molecule has 19 nitrogen and oxygen atoms in total. The average Bonchev–Trinajstić information content (AvgIpc) is 3.91. The number of hydrogen-bond acceptors (Lipinski definition) is 15.